The molecule has 1 saturated heterocycles. The van der Waals surface area contributed by atoms with Crippen molar-refractivity contribution in [2.24, 2.45) is 0 Å². The standard InChI is InChI=1S/C27H41F2N3O3S/c1-3-4-5-18-36(34,35)32-16-14-31(15-17-32)26(10-12-27(28,29)13-11-26)20-30-25(33)23-9-6-21(2)19-24(23)22-7-8-22/h6,9,19,22H,3-5,7-8,10-18,20H2,1-2H3,(H,30,33). The van der Waals surface area contributed by atoms with Crippen LogP contribution in [0.15, 0.2) is 18.2 Å². The topological polar surface area (TPSA) is 69.7 Å². The van der Waals surface area contributed by atoms with Crippen LogP contribution in [0.2, 0.25) is 0 Å². The molecule has 2 saturated carbocycles. The van der Waals surface area contributed by atoms with Crippen molar-refractivity contribution in [2.45, 2.75) is 89.0 Å². The molecule has 0 atom stereocenters. The Balaban J connectivity index is 1.44. The van der Waals surface area contributed by atoms with Crippen LogP contribution in [0, 0.1) is 6.92 Å². The van der Waals surface area contributed by atoms with E-state index >= 15 is 0 Å². The number of hydrogen-bond acceptors (Lipinski definition) is 4. The Morgan fingerprint density at radius 1 is 1.06 bits per heavy atom. The van der Waals surface area contributed by atoms with E-state index in [2.05, 4.69) is 16.3 Å². The van der Waals surface area contributed by atoms with Crippen molar-refractivity contribution in [3.63, 3.8) is 0 Å². The van der Waals surface area contributed by atoms with Crippen LogP contribution in [0.4, 0.5) is 8.78 Å². The summed E-state index contributed by atoms with van der Waals surface area (Å²) in [5.41, 5.74) is 2.31. The summed E-state index contributed by atoms with van der Waals surface area (Å²) in [5.74, 6) is -2.24. The molecule has 3 fully saturated rings. The highest BCUT2D eigenvalue weighted by Gasteiger charge is 2.47. The minimum atomic E-state index is -3.30. The molecular formula is C27H41F2N3O3S. The second-order valence-electron chi connectivity index (χ2n) is 11.0. The van der Waals surface area contributed by atoms with Gasteiger partial charge in [0.05, 0.1) is 5.75 Å². The maximum Gasteiger partial charge on any atom is 0.251 e. The molecule has 0 radical (unpaired) electrons. The number of benzene rings is 1. The number of sulfonamides is 1. The van der Waals surface area contributed by atoms with E-state index in [0.717, 1.165) is 36.8 Å². The summed E-state index contributed by atoms with van der Waals surface area (Å²) < 4.78 is 55.3. The highest BCUT2D eigenvalue weighted by atomic mass is 32.2. The van der Waals surface area contributed by atoms with Crippen LogP contribution < -0.4 is 5.32 Å². The summed E-state index contributed by atoms with van der Waals surface area (Å²) in [6.45, 7) is 6.08. The Hall–Kier alpha value is -1.58. The second-order valence-corrected chi connectivity index (χ2v) is 13.1. The smallest absolute Gasteiger partial charge is 0.251 e. The molecule has 36 heavy (non-hydrogen) atoms. The van der Waals surface area contributed by atoms with Gasteiger partial charge in [-0.2, -0.15) is 4.31 Å². The molecule has 2 aliphatic carbocycles. The minimum Gasteiger partial charge on any atom is -0.350 e. The fourth-order valence-electron chi connectivity index (χ4n) is 5.75. The van der Waals surface area contributed by atoms with Crippen molar-refractivity contribution in [1.82, 2.24) is 14.5 Å². The Morgan fingerprint density at radius 3 is 2.33 bits per heavy atom. The van der Waals surface area contributed by atoms with Crippen LogP contribution in [0.1, 0.15) is 92.1 Å². The molecule has 1 N–H and O–H groups in total. The highest BCUT2D eigenvalue weighted by molar-refractivity contribution is 7.89. The first-order valence-electron chi connectivity index (χ1n) is 13.5. The number of unbranched alkanes of at least 4 members (excludes halogenated alkanes) is 2. The fourth-order valence-corrected chi connectivity index (χ4v) is 7.30. The van der Waals surface area contributed by atoms with Gasteiger partial charge in [0, 0.05) is 56.7 Å². The number of carbonyl (C=O) groups excluding carboxylic acids is 1. The number of aryl methyl sites for hydroxylation is 1. The third kappa shape index (κ3) is 6.45. The zero-order valence-electron chi connectivity index (χ0n) is 21.7. The van der Waals surface area contributed by atoms with Gasteiger partial charge in [0.2, 0.25) is 15.9 Å². The molecule has 4 rings (SSSR count). The van der Waals surface area contributed by atoms with Crippen molar-refractivity contribution < 1.29 is 22.0 Å². The largest absolute Gasteiger partial charge is 0.350 e. The van der Waals surface area contributed by atoms with Gasteiger partial charge in [0.25, 0.3) is 5.91 Å². The SMILES string of the molecule is CCCCCS(=O)(=O)N1CCN(C2(CNC(=O)c3ccc(C)cc3C3CC3)CCC(F)(F)CC2)CC1. The van der Waals surface area contributed by atoms with Crippen molar-refractivity contribution in [2.75, 3.05) is 38.5 Å². The molecule has 3 aliphatic rings. The van der Waals surface area contributed by atoms with Crippen molar-refractivity contribution in [1.29, 1.82) is 0 Å². The van der Waals surface area contributed by atoms with E-state index < -0.39 is 21.5 Å². The van der Waals surface area contributed by atoms with E-state index in [4.69, 9.17) is 0 Å². The lowest BCUT2D eigenvalue weighted by Gasteiger charge is -2.50. The normalized spacial score (nSPS) is 22.9. The predicted molar refractivity (Wildman–Crippen MR) is 138 cm³/mol. The molecule has 0 bridgehead atoms. The average Bonchev–Trinajstić information content (AvgIpc) is 3.69. The van der Waals surface area contributed by atoms with Gasteiger partial charge in [-0.3, -0.25) is 9.69 Å². The molecule has 1 aromatic rings. The van der Waals surface area contributed by atoms with Crippen LogP contribution >= 0.6 is 0 Å². The summed E-state index contributed by atoms with van der Waals surface area (Å²) >= 11 is 0. The number of carbonyl (C=O) groups is 1. The van der Waals surface area contributed by atoms with Gasteiger partial charge in [-0.1, -0.05) is 37.5 Å². The number of amides is 1. The first-order valence-corrected chi connectivity index (χ1v) is 15.2. The molecule has 202 valence electrons. The summed E-state index contributed by atoms with van der Waals surface area (Å²) in [6.07, 6.45) is 4.84. The van der Waals surface area contributed by atoms with Crippen LogP contribution in [-0.2, 0) is 10.0 Å². The third-order valence-electron chi connectivity index (χ3n) is 8.27. The first-order chi connectivity index (χ1) is 17.1. The van der Waals surface area contributed by atoms with Crippen LogP contribution in [-0.4, -0.2) is 73.5 Å². The Morgan fingerprint density at radius 2 is 1.72 bits per heavy atom. The number of rotatable bonds is 10. The summed E-state index contributed by atoms with van der Waals surface area (Å²) in [5, 5.41) is 3.10. The fraction of sp³-hybridized carbons (Fsp3) is 0.741. The lowest BCUT2D eigenvalue weighted by molar-refractivity contribution is -0.0856. The summed E-state index contributed by atoms with van der Waals surface area (Å²) in [6, 6.07) is 5.91. The number of nitrogens with zero attached hydrogens (tertiary/aromatic N) is 2. The van der Waals surface area contributed by atoms with Gasteiger partial charge < -0.3 is 5.32 Å². The van der Waals surface area contributed by atoms with Gasteiger partial charge in [-0.15, -0.1) is 0 Å². The van der Waals surface area contributed by atoms with E-state index in [9.17, 15) is 22.0 Å². The van der Waals surface area contributed by atoms with Gasteiger partial charge in [-0.05, 0) is 56.6 Å². The molecule has 1 aliphatic heterocycles. The molecule has 0 spiro atoms. The average molecular weight is 526 g/mol. The molecule has 1 aromatic carbocycles. The Labute approximate surface area is 214 Å². The predicted octanol–water partition coefficient (Wildman–Crippen LogP) is 4.69. The molecule has 6 nitrogen and oxygen atoms in total. The van der Waals surface area contributed by atoms with Gasteiger partial charge in [-0.25, -0.2) is 17.2 Å². The van der Waals surface area contributed by atoms with Crippen LogP contribution in [0.3, 0.4) is 0 Å². The second kappa shape index (κ2) is 11.0. The van der Waals surface area contributed by atoms with Crippen molar-refractivity contribution in [3.8, 4) is 0 Å². The first kappa shape index (κ1) is 27.5. The monoisotopic (exact) mass is 525 g/mol. The van der Waals surface area contributed by atoms with Gasteiger partial charge in [0.15, 0.2) is 0 Å². The van der Waals surface area contributed by atoms with E-state index in [0.29, 0.717) is 50.6 Å². The lowest BCUT2D eigenvalue weighted by Crippen LogP contribution is -2.63. The summed E-state index contributed by atoms with van der Waals surface area (Å²) in [4.78, 5) is 15.4. The molecule has 0 aromatic heterocycles. The van der Waals surface area contributed by atoms with E-state index in [1.807, 2.05) is 26.0 Å². The number of nitrogens with one attached hydrogen (secondary N) is 1. The lowest BCUT2D eigenvalue weighted by atomic mass is 9.78. The Kier molecular flexibility index (Phi) is 8.42. The summed E-state index contributed by atoms with van der Waals surface area (Å²) in [7, 11) is -3.30. The number of piperazine rings is 1. The minimum absolute atomic E-state index is 0.147. The zero-order valence-corrected chi connectivity index (χ0v) is 22.5. The Bertz CT molecular complexity index is 1020. The molecule has 1 heterocycles. The highest BCUT2D eigenvalue weighted by Crippen LogP contribution is 2.43. The molecule has 1 amide bonds. The van der Waals surface area contributed by atoms with Gasteiger partial charge in [0.1, 0.15) is 0 Å². The quantitative estimate of drug-likeness (QED) is 0.450. The number of halogens is 2. The van der Waals surface area contributed by atoms with Crippen molar-refractivity contribution >= 4 is 15.9 Å². The van der Waals surface area contributed by atoms with E-state index in [1.54, 1.807) is 4.31 Å². The van der Waals surface area contributed by atoms with E-state index in [1.165, 1.54) is 0 Å². The number of hydrogen-bond donors (Lipinski definition) is 1. The van der Waals surface area contributed by atoms with Crippen LogP contribution in [0.5, 0.6) is 0 Å². The number of alkyl halides is 2. The third-order valence-corrected chi connectivity index (χ3v) is 10.2. The van der Waals surface area contributed by atoms with Gasteiger partial charge >= 0.3 is 0 Å². The molecule has 0 unspecified atom stereocenters. The maximum atomic E-state index is 14.1. The van der Waals surface area contributed by atoms with Crippen molar-refractivity contribution in [3.05, 3.63) is 34.9 Å². The van der Waals surface area contributed by atoms with E-state index in [-0.39, 0.29) is 37.3 Å². The zero-order chi connectivity index (χ0) is 26.0. The maximum absolute atomic E-state index is 14.1. The molecule has 9 heteroatoms. The molecular weight excluding hydrogens is 484 g/mol. The van der Waals surface area contributed by atoms with Crippen LogP contribution in [0.25, 0.3) is 0 Å².